The molecule has 1 heterocycles. The number of benzene rings is 3. The van der Waals surface area contributed by atoms with Crippen LogP contribution in [0.2, 0.25) is 0 Å². The molecule has 152 valence electrons. The van der Waals surface area contributed by atoms with Gasteiger partial charge < -0.3 is 14.2 Å². The Hall–Kier alpha value is -2.80. The molecule has 0 bridgehead atoms. The van der Waals surface area contributed by atoms with Crippen molar-refractivity contribution in [1.82, 2.24) is 9.72 Å². The van der Waals surface area contributed by atoms with Gasteiger partial charge in [-0.15, -0.1) is 0 Å². The first-order valence-electron chi connectivity index (χ1n) is 9.62. The van der Waals surface area contributed by atoms with Gasteiger partial charge in [0.15, 0.2) is 5.69 Å². The Bertz CT molecular complexity index is 1280. The van der Waals surface area contributed by atoms with E-state index in [-0.39, 0.29) is 36.1 Å². The number of hydrogen-bond donors (Lipinski definition) is 0. The van der Waals surface area contributed by atoms with Crippen molar-refractivity contribution < 1.29 is 38.8 Å². The van der Waals surface area contributed by atoms with Crippen LogP contribution in [0.5, 0.6) is 5.75 Å². The topological polar surface area (TPSA) is 75.5 Å². The molecule has 0 spiro atoms. The molecule has 0 saturated heterocycles. The third kappa shape index (κ3) is 5.47. The summed E-state index contributed by atoms with van der Waals surface area (Å²) in [5, 5.41) is 0. The van der Waals surface area contributed by atoms with Crippen molar-refractivity contribution in [3.05, 3.63) is 110 Å². The fraction of sp³-hybridized carbons (Fsp3) is 0.167. The monoisotopic (exact) mass is 424 g/mol. The molecule has 0 unspecified atom stereocenters. The molecule has 0 N–H and O–H groups in total. The Morgan fingerprint density at radius 2 is 1.58 bits per heavy atom. The molecule has 3 aromatic carbocycles. The van der Waals surface area contributed by atoms with Crippen LogP contribution in [-0.4, -0.2) is 4.74 Å². The second-order valence-electron chi connectivity index (χ2n) is 7.19. The second kappa shape index (κ2) is 10.0. The summed E-state index contributed by atoms with van der Waals surface area (Å²) in [5.74, 6) is -0.226. The first-order valence-corrected chi connectivity index (χ1v) is 9.62. The zero-order valence-corrected chi connectivity index (χ0v) is 19.8. The van der Waals surface area contributed by atoms with Gasteiger partial charge in [0.2, 0.25) is 0 Å². The molecule has 0 aliphatic heterocycles. The fourth-order valence-electron chi connectivity index (χ4n) is 3.54. The molecule has 0 aliphatic rings. The van der Waals surface area contributed by atoms with Gasteiger partial charge in [0.25, 0.3) is 0 Å². The van der Waals surface area contributed by atoms with Gasteiger partial charge in [-0.25, -0.2) is 4.79 Å². The molecule has 7 heteroatoms. The van der Waals surface area contributed by atoms with E-state index in [0.29, 0.717) is 12.4 Å². The predicted molar refractivity (Wildman–Crippen MR) is 114 cm³/mol. The van der Waals surface area contributed by atoms with Gasteiger partial charge in [0.05, 0.1) is 0 Å². The van der Waals surface area contributed by atoms with E-state index in [1.807, 2.05) is 36.4 Å². The van der Waals surface area contributed by atoms with Crippen LogP contribution in [0.1, 0.15) is 22.3 Å². The summed E-state index contributed by atoms with van der Waals surface area (Å²) in [4.78, 5) is 25.8. The molecule has 0 saturated carbocycles. The molecule has 0 aliphatic carbocycles. The second-order valence-corrected chi connectivity index (χ2v) is 7.19. The number of aryl methyl sites for hydroxylation is 2. The summed E-state index contributed by atoms with van der Waals surface area (Å²) >= 11 is 0. The molecule has 0 atom stereocenters. The van der Waals surface area contributed by atoms with E-state index in [0.717, 1.165) is 15.9 Å². The van der Waals surface area contributed by atoms with Crippen LogP contribution in [0, 0.1) is 13.8 Å². The quantitative estimate of drug-likeness (QED) is 0.426. The van der Waals surface area contributed by atoms with Crippen LogP contribution >= 0.6 is 0 Å². The van der Waals surface area contributed by atoms with Gasteiger partial charge in [-0.1, -0.05) is 48.5 Å². The average Bonchev–Trinajstić information content (AvgIpc) is 3.04. The molecule has 4 aromatic rings. The minimum absolute atomic E-state index is 0. The minimum atomic E-state index is -0.892. The molecular formula is C24H21N2NaO4. The maximum atomic E-state index is 11.6. The molecule has 31 heavy (non-hydrogen) atoms. The van der Waals surface area contributed by atoms with Gasteiger partial charge in [-0.3, -0.25) is 9.53 Å². The van der Waals surface area contributed by atoms with Crippen molar-refractivity contribution in [2.24, 2.45) is 0 Å². The Labute approximate surface area is 201 Å². The number of aromatic nitrogens is 2. The van der Waals surface area contributed by atoms with Crippen molar-refractivity contribution in [3.8, 4) is 16.9 Å². The minimum Gasteiger partial charge on any atom is -0.489 e. The van der Waals surface area contributed by atoms with Gasteiger partial charge >= 0.3 is 35.3 Å². The summed E-state index contributed by atoms with van der Waals surface area (Å²) in [7, 11) is 0. The molecule has 1 aromatic heterocycles. The molecule has 0 fully saturated rings. The zero-order chi connectivity index (χ0) is 21.1. The van der Waals surface area contributed by atoms with Crippen molar-refractivity contribution in [2.45, 2.75) is 27.0 Å². The van der Waals surface area contributed by atoms with Crippen LogP contribution in [0.15, 0.2) is 80.8 Å². The Morgan fingerprint density at radius 1 is 0.903 bits per heavy atom. The standard InChI is InChI=1S/C24H22N2O4.Na/c1-16-6-3-7-17(2)22(16)20-10-4-9-19(12-20)15-29-21-11-5-8-18(13-21)14-26-23(27)25-24(28)30-26;/h3-13H,14-15H2,1-2H3,(H,25,27,28);/q;+1/p-1. The maximum absolute atomic E-state index is 11.6. The third-order valence-electron chi connectivity index (χ3n) is 4.92. The molecule has 0 amide bonds. The molecule has 6 nitrogen and oxygen atoms in total. The van der Waals surface area contributed by atoms with Gasteiger partial charge in [-0.2, -0.15) is 0 Å². The van der Waals surface area contributed by atoms with E-state index < -0.39 is 11.4 Å². The zero-order valence-electron chi connectivity index (χ0n) is 17.8. The normalized spacial score (nSPS) is 10.5. The van der Waals surface area contributed by atoms with Crippen molar-refractivity contribution >= 4 is 0 Å². The van der Waals surface area contributed by atoms with E-state index in [2.05, 4.69) is 49.2 Å². The SMILES string of the molecule is Cc1cccc(C)c1-c1cccc(COc2cccc(Cn3oc(=O)[n-]c3=O)c2)c1.[Na+]. The number of hydrogen-bond acceptors (Lipinski definition) is 4. The van der Waals surface area contributed by atoms with Crippen molar-refractivity contribution in [3.63, 3.8) is 0 Å². The van der Waals surface area contributed by atoms with E-state index in [9.17, 15) is 9.59 Å². The Kier molecular flexibility index (Phi) is 7.38. The first kappa shape index (κ1) is 22.9. The van der Waals surface area contributed by atoms with E-state index in [1.165, 1.54) is 22.3 Å². The third-order valence-corrected chi connectivity index (χ3v) is 4.92. The predicted octanol–water partition coefficient (Wildman–Crippen LogP) is 0.674. The maximum Gasteiger partial charge on any atom is 1.00 e. The summed E-state index contributed by atoms with van der Waals surface area (Å²) in [6, 6.07) is 21.9. The van der Waals surface area contributed by atoms with Gasteiger partial charge in [0, 0.05) is 6.54 Å². The van der Waals surface area contributed by atoms with E-state index in [4.69, 9.17) is 9.26 Å². The van der Waals surface area contributed by atoms with E-state index >= 15 is 0 Å². The summed E-state index contributed by atoms with van der Waals surface area (Å²) < 4.78 is 11.6. The molecule has 0 radical (unpaired) electrons. The van der Waals surface area contributed by atoms with Gasteiger partial charge in [-0.05, 0) is 65.4 Å². The van der Waals surface area contributed by atoms with Crippen LogP contribution in [-0.2, 0) is 13.2 Å². The summed E-state index contributed by atoms with van der Waals surface area (Å²) in [5.41, 5.74) is 6.03. The smallest absolute Gasteiger partial charge is 0.489 e. The Morgan fingerprint density at radius 3 is 2.29 bits per heavy atom. The van der Waals surface area contributed by atoms with Crippen LogP contribution in [0.3, 0.4) is 0 Å². The first-order chi connectivity index (χ1) is 14.5. The largest absolute Gasteiger partial charge is 1.00 e. The number of rotatable bonds is 6. The molecule has 4 rings (SSSR count). The van der Waals surface area contributed by atoms with Crippen LogP contribution < -0.4 is 50.7 Å². The van der Waals surface area contributed by atoms with Crippen LogP contribution in [0.25, 0.3) is 11.1 Å². The van der Waals surface area contributed by atoms with Gasteiger partial charge in [0.1, 0.15) is 12.4 Å². The number of nitrogens with zero attached hydrogens (tertiary/aromatic N) is 2. The van der Waals surface area contributed by atoms with Crippen LogP contribution in [0.4, 0.5) is 0 Å². The Balaban J connectivity index is 0.00000272. The average molecular weight is 424 g/mol. The van der Waals surface area contributed by atoms with E-state index in [1.54, 1.807) is 0 Å². The fourth-order valence-corrected chi connectivity index (χ4v) is 3.54. The number of ether oxygens (including phenoxy) is 1. The van der Waals surface area contributed by atoms with Crippen molar-refractivity contribution in [2.75, 3.05) is 0 Å². The molecular weight excluding hydrogens is 403 g/mol. The summed E-state index contributed by atoms with van der Waals surface area (Å²) in [6.07, 6.45) is 0. The van der Waals surface area contributed by atoms with Crippen molar-refractivity contribution in [1.29, 1.82) is 0 Å². The summed E-state index contributed by atoms with van der Waals surface area (Å²) in [6.45, 7) is 4.77.